The van der Waals surface area contributed by atoms with Crippen molar-refractivity contribution in [1.82, 2.24) is 0 Å². The third-order valence-electron chi connectivity index (χ3n) is 3.47. The number of benzene rings is 3. The average Bonchev–Trinajstić information content (AvgIpc) is 2.53. The van der Waals surface area contributed by atoms with E-state index in [1.807, 2.05) is 18.2 Å². The van der Waals surface area contributed by atoms with Crippen molar-refractivity contribution in [2.45, 2.75) is 11.8 Å². The van der Waals surface area contributed by atoms with E-state index in [1.54, 1.807) is 48.5 Å². The maximum atomic E-state index is 12.8. The number of amides is 1. The van der Waals surface area contributed by atoms with E-state index in [-0.39, 0.29) is 10.8 Å². The summed E-state index contributed by atoms with van der Waals surface area (Å²) in [6.07, 6.45) is 0. The highest BCUT2D eigenvalue weighted by molar-refractivity contribution is 7.93. The first-order valence-electron chi connectivity index (χ1n) is 7.34. The smallest absolute Gasteiger partial charge is 0.262 e. The van der Waals surface area contributed by atoms with Crippen LogP contribution in [0.2, 0.25) is 0 Å². The molecule has 0 atom stereocenters. The fraction of sp³-hybridized carbons (Fsp3) is 0.0556. The zero-order valence-corrected chi connectivity index (χ0v) is 13.8. The summed E-state index contributed by atoms with van der Waals surface area (Å²) in [6, 6.07) is 19.0. The molecule has 24 heavy (non-hydrogen) atoms. The highest BCUT2D eigenvalue weighted by Crippen LogP contribution is 2.25. The molecule has 0 fully saturated rings. The van der Waals surface area contributed by atoms with Gasteiger partial charge in [0.1, 0.15) is 0 Å². The maximum Gasteiger partial charge on any atom is 0.262 e. The number of anilines is 2. The van der Waals surface area contributed by atoms with Crippen LogP contribution in [0.3, 0.4) is 0 Å². The predicted octanol–water partition coefficient (Wildman–Crippen LogP) is 3.60. The van der Waals surface area contributed by atoms with E-state index in [4.69, 9.17) is 0 Å². The molecule has 122 valence electrons. The van der Waals surface area contributed by atoms with Crippen LogP contribution in [0.25, 0.3) is 10.8 Å². The second-order valence-electron chi connectivity index (χ2n) is 5.34. The van der Waals surface area contributed by atoms with E-state index in [0.29, 0.717) is 16.8 Å². The van der Waals surface area contributed by atoms with Crippen molar-refractivity contribution in [3.05, 3.63) is 66.7 Å². The lowest BCUT2D eigenvalue weighted by Crippen LogP contribution is -2.14. The largest absolute Gasteiger partial charge is 0.326 e. The van der Waals surface area contributed by atoms with Gasteiger partial charge in [-0.15, -0.1) is 0 Å². The van der Waals surface area contributed by atoms with Gasteiger partial charge in [-0.25, -0.2) is 8.42 Å². The molecule has 6 heteroatoms. The number of carbonyl (C=O) groups excluding carboxylic acids is 1. The van der Waals surface area contributed by atoms with Gasteiger partial charge in [0, 0.05) is 18.0 Å². The molecule has 0 saturated heterocycles. The molecule has 0 aliphatic carbocycles. The van der Waals surface area contributed by atoms with Gasteiger partial charge in [-0.2, -0.15) is 0 Å². The molecule has 3 rings (SSSR count). The summed E-state index contributed by atoms with van der Waals surface area (Å²) >= 11 is 0. The predicted molar refractivity (Wildman–Crippen MR) is 95.5 cm³/mol. The Bertz CT molecular complexity index is 1010. The Labute approximate surface area is 140 Å². The summed E-state index contributed by atoms with van der Waals surface area (Å²) in [7, 11) is -3.75. The SMILES string of the molecule is CC(=O)Nc1cccc(NS(=O)(=O)c2cccc3ccccc23)c1. The molecule has 0 heterocycles. The van der Waals surface area contributed by atoms with Crippen LogP contribution in [-0.4, -0.2) is 14.3 Å². The Morgan fingerprint density at radius 1 is 0.875 bits per heavy atom. The van der Waals surface area contributed by atoms with Gasteiger partial charge in [0.25, 0.3) is 10.0 Å². The lowest BCUT2D eigenvalue weighted by atomic mass is 10.1. The molecule has 0 saturated carbocycles. The zero-order valence-electron chi connectivity index (χ0n) is 13.0. The molecule has 0 radical (unpaired) electrons. The summed E-state index contributed by atoms with van der Waals surface area (Å²) in [5, 5.41) is 4.14. The second kappa shape index (κ2) is 6.33. The van der Waals surface area contributed by atoms with Crippen LogP contribution in [0.1, 0.15) is 6.92 Å². The molecule has 0 spiro atoms. The molecule has 3 aromatic rings. The lowest BCUT2D eigenvalue weighted by Gasteiger charge is -2.11. The molecular formula is C18H16N2O3S. The molecule has 5 nitrogen and oxygen atoms in total. The summed E-state index contributed by atoms with van der Waals surface area (Å²) in [5.41, 5.74) is 0.912. The van der Waals surface area contributed by atoms with Gasteiger partial charge >= 0.3 is 0 Å². The van der Waals surface area contributed by atoms with Gasteiger partial charge in [-0.1, -0.05) is 42.5 Å². The second-order valence-corrected chi connectivity index (χ2v) is 7.00. The lowest BCUT2D eigenvalue weighted by molar-refractivity contribution is -0.114. The fourth-order valence-corrected chi connectivity index (χ4v) is 3.78. The Kier molecular flexibility index (Phi) is 4.22. The van der Waals surface area contributed by atoms with Crippen LogP contribution in [0.15, 0.2) is 71.6 Å². The highest BCUT2D eigenvalue weighted by atomic mass is 32.2. The third kappa shape index (κ3) is 3.38. The van der Waals surface area contributed by atoms with Crippen molar-refractivity contribution in [2.24, 2.45) is 0 Å². The van der Waals surface area contributed by atoms with E-state index in [1.165, 1.54) is 6.92 Å². The van der Waals surface area contributed by atoms with Crippen LogP contribution >= 0.6 is 0 Å². The molecule has 3 aromatic carbocycles. The number of carbonyl (C=O) groups is 1. The monoisotopic (exact) mass is 340 g/mol. The van der Waals surface area contributed by atoms with Crippen LogP contribution in [-0.2, 0) is 14.8 Å². The van der Waals surface area contributed by atoms with Gasteiger partial charge in [0.2, 0.25) is 5.91 Å². The molecule has 0 bridgehead atoms. The minimum atomic E-state index is -3.75. The van der Waals surface area contributed by atoms with Crippen LogP contribution < -0.4 is 10.0 Å². The number of hydrogen-bond acceptors (Lipinski definition) is 3. The Morgan fingerprint density at radius 2 is 1.54 bits per heavy atom. The first-order chi connectivity index (χ1) is 11.5. The van der Waals surface area contributed by atoms with Gasteiger partial charge in [-0.3, -0.25) is 9.52 Å². The number of rotatable bonds is 4. The van der Waals surface area contributed by atoms with Crippen molar-refractivity contribution in [2.75, 3.05) is 10.0 Å². The summed E-state index contributed by atoms with van der Waals surface area (Å²) in [5.74, 6) is -0.218. The van der Waals surface area contributed by atoms with E-state index < -0.39 is 10.0 Å². The molecule has 1 amide bonds. The number of nitrogens with one attached hydrogen (secondary N) is 2. The van der Waals surface area contributed by atoms with Crippen LogP contribution in [0.4, 0.5) is 11.4 Å². The molecule has 2 N–H and O–H groups in total. The minimum absolute atomic E-state index is 0.213. The highest BCUT2D eigenvalue weighted by Gasteiger charge is 2.17. The van der Waals surface area contributed by atoms with Gasteiger partial charge in [0.15, 0.2) is 0 Å². The number of sulfonamides is 1. The van der Waals surface area contributed by atoms with Gasteiger partial charge < -0.3 is 5.32 Å². The third-order valence-corrected chi connectivity index (χ3v) is 4.91. The van der Waals surface area contributed by atoms with E-state index >= 15 is 0 Å². The van der Waals surface area contributed by atoms with Crippen molar-refractivity contribution in [3.63, 3.8) is 0 Å². The van der Waals surface area contributed by atoms with Gasteiger partial charge in [0.05, 0.1) is 10.6 Å². The summed E-state index contributed by atoms with van der Waals surface area (Å²) in [6.45, 7) is 1.40. The number of fused-ring (bicyclic) bond motifs is 1. The Balaban J connectivity index is 1.98. The van der Waals surface area contributed by atoms with E-state index in [9.17, 15) is 13.2 Å². The van der Waals surface area contributed by atoms with Crippen molar-refractivity contribution in [1.29, 1.82) is 0 Å². The van der Waals surface area contributed by atoms with E-state index in [2.05, 4.69) is 10.0 Å². The van der Waals surface area contributed by atoms with E-state index in [0.717, 1.165) is 5.39 Å². The van der Waals surface area contributed by atoms with Crippen molar-refractivity contribution in [3.8, 4) is 0 Å². The number of hydrogen-bond donors (Lipinski definition) is 2. The molecule has 0 aromatic heterocycles. The Morgan fingerprint density at radius 3 is 2.33 bits per heavy atom. The quantitative estimate of drug-likeness (QED) is 0.762. The minimum Gasteiger partial charge on any atom is -0.326 e. The van der Waals surface area contributed by atoms with Gasteiger partial charge in [-0.05, 0) is 29.7 Å². The average molecular weight is 340 g/mol. The first kappa shape index (κ1) is 16.0. The zero-order chi connectivity index (χ0) is 17.2. The summed E-state index contributed by atoms with van der Waals surface area (Å²) < 4.78 is 28.1. The fourth-order valence-electron chi connectivity index (χ4n) is 2.50. The molecule has 0 aliphatic rings. The molecular weight excluding hydrogens is 324 g/mol. The molecule has 0 aliphatic heterocycles. The summed E-state index contributed by atoms with van der Waals surface area (Å²) in [4.78, 5) is 11.3. The van der Waals surface area contributed by atoms with Crippen molar-refractivity contribution >= 4 is 38.1 Å². The maximum absolute atomic E-state index is 12.8. The first-order valence-corrected chi connectivity index (χ1v) is 8.82. The Hall–Kier alpha value is -2.86. The van der Waals surface area contributed by atoms with Crippen LogP contribution in [0.5, 0.6) is 0 Å². The molecule has 0 unspecified atom stereocenters. The van der Waals surface area contributed by atoms with Crippen molar-refractivity contribution < 1.29 is 13.2 Å². The topological polar surface area (TPSA) is 75.3 Å². The normalized spacial score (nSPS) is 11.2. The standard InChI is InChI=1S/C18H16N2O3S/c1-13(21)19-15-8-5-9-16(12-15)20-24(22,23)18-11-4-7-14-6-2-3-10-17(14)18/h2-12,20H,1H3,(H,19,21). The van der Waals surface area contributed by atoms with Crippen LogP contribution in [0, 0.1) is 0 Å².